The number of carboxylic acids is 1. The van der Waals surface area contributed by atoms with Crippen LogP contribution in [0.4, 0.5) is 0 Å². The minimum Gasteiger partial charge on any atom is -0.502 e. The number of carbonyl (C=O) groups excluding carboxylic acids is 1. The number of ether oxygens (including phenoxy) is 1. The first kappa shape index (κ1) is 14.2. The van der Waals surface area contributed by atoms with E-state index >= 15 is 0 Å². The highest BCUT2D eigenvalue weighted by Gasteiger charge is 2.16. The number of rotatable bonds is 5. The molecule has 16 heavy (non-hydrogen) atoms. The van der Waals surface area contributed by atoms with Gasteiger partial charge in [-0.25, -0.2) is 9.59 Å². The molecule has 0 aromatic rings. The molecule has 0 atom stereocenters. The summed E-state index contributed by atoms with van der Waals surface area (Å²) in [5, 5.41) is 17.8. The van der Waals surface area contributed by atoms with Crippen LogP contribution in [-0.2, 0) is 14.3 Å². The van der Waals surface area contributed by atoms with Gasteiger partial charge in [-0.15, -0.1) is 0 Å². The summed E-state index contributed by atoms with van der Waals surface area (Å²) in [6.45, 7) is 4.66. The summed E-state index contributed by atoms with van der Waals surface area (Å²) in [6, 6.07) is 0. The van der Waals surface area contributed by atoms with Gasteiger partial charge in [-0.05, 0) is 26.3 Å². The van der Waals surface area contributed by atoms with Gasteiger partial charge in [-0.3, -0.25) is 0 Å². The van der Waals surface area contributed by atoms with Crippen LogP contribution in [0.1, 0.15) is 33.6 Å². The van der Waals surface area contributed by atoms with E-state index in [1.165, 1.54) is 19.9 Å². The van der Waals surface area contributed by atoms with Gasteiger partial charge in [-0.2, -0.15) is 0 Å². The van der Waals surface area contributed by atoms with E-state index in [1.54, 1.807) is 0 Å². The molecule has 0 amide bonds. The molecule has 0 radical (unpaired) electrons. The van der Waals surface area contributed by atoms with Crippen molar-refractivity contribution in [1.29, 1.82) is 0 Å². The molecule has 0 saturated carbocycles. The maximum atomic E-state index is 11.2. The lowest BCUT2D eigenvalue weighted by molar-refractivity contribution is -0.138. The molecule has 0 unspecified atom stereocenters. The van der Waals surface area contributed by atoms with E-state index in [0.717, 1.165) is 0 Å². The maximum Gasteiger partial charge on any atom is 0.378 e. The first-order valence-corrected chi connectivity index (χ1v) is 4.94. The molecule has 0 rings (SSSR count). The molecule has 0 aliphatic rings. The zero-order chi connectivity index (χ0) is 12.7. The first-order chi connectivity index (χ1) is 7.43. The number of carbonyl (C=O) groups is 2. The highest BCUT2D eigenvalue weighted by molar-refractivity contribution is 5.89. The third-order valence-corrected chi connectivity index (χ3v) is 1.91. The Bertz CT molecular complexity index is 338. The Morgan fingerprint density at radius 2 is 1.88 bits per heavy atom. The van der Waals surface area contributed by atoms with Crippen molar-refractivity contribution in [2.24, 2.45) is 0 Å². The van der Waals surface area contributed by atoms with E-state index in [2.05, 4.69) is 0 Å². The van der Waals surface area contributed by atoms with Crippen LogP contribution in [0, 0.1) is 0 Å². The molecule has 90 valence electrons. The van der Waals surface area contributed by atoms with E-state index in [9.17, 15) is 9.59 Å². The third-order valence-electron chi connectivity index (χ3n) is 1.91. The smallest absolute Gasteiger partial charge is 0.378 e. The Morgan fingerprint density at radius 3 is 2.25 bits per heavy atom. The van der Waals surface area contributed by atoms with Crippen molar-refractivity contribution >= 4 is 11.9 Å². The fourth-order valence-corrected chi connectivity index (χ4v) is 0.943. The van der Waals surface area contributed by atoms with Crippen LogP contribution in [0.5, 0.6) is 0 Å². The summed E-state index contributed by atoms with van der Waals surface area (Å²) in [6.07, 6.45) is 2.16. The van der Waals surface area contributed by atoms with Gasteiger partial charge >= 0.3 is 11.9 Å². The second-order valence-electron chi connectivity index (χ2n) is 3.17. The number of hydrogen-bond donors (Lipinski definition) is 2. The molecule has 0 aliphatic heterocycles. The van der Waals surface area contributed by atoms with Crippen molar-refractivity contribution in [3.8, 4) is 0 Å². The van der Waals surface area contributed by atoms with Crippen LogP contribution >= 0.6 is 0 Å². The molecule has 0 aromatic carbocycles. The molecular weight excluding hydrogens is 212 g/mol. The number of hydrogen-bond acceptors (Lipinski definition) is 4. The Morgan fingerprint density at radius 1 is 1.31 bits per heavy atom. The summed E-state index contributed by atoms with van der Waals surface area (Å²) in [7, 11) is 0. The highest BCUT2D eigenvalue weighted by Crippen LogP contribution is 2.14. The Balaban J connectivity index is 4.91. The van der Waals surface area contributed by atoms with Crippen LogP contribution < -0.4 is 0 Å². The molecule has 0 heterocycles. The second kappa shape index (κ2) is 6.66. The van der Waals surface area contributed by atoms with Crippen molar-refractivity contribution in [1.82, 2.24) is 0 Å². The maximum absolute atomic E-state index is 11.2. The summed E-state index contributed by atoms with van der Waals surface area (Å²) in [5.41, 5.74) is -0.0286. The number of aliphatic hydroxyl groups is 1. The van der Waals surface area contributed by atoms with Crippen LogP contribution in [0.15, 0.2) is 23.2 Å². The van der Waals surface area contributed by atoms with Crippen molar-refractivity contribution in [3.05, 3.63) is 23.2 Å². The lowest BCUT2D eigenvalue weighted by Gasteiger charge is -2.09. The van der Waals surface area contributed by atoms with Crippen molar-refractivity contribution in [2.45, 2.75) is 33.6 Å². The Hall–Kier alpha value is -1.78. The van der Waals surface area contributed by atoms with Gasteiger partial charge in [-0.1, -0.05) is 6.92 Å². The van der Waals surface area contributed by atoms with Gasteiger partial charge in [0.2, 0.25) is 0 Å². The van der Waals surface area contributed by atoms with Crippen LogP contribution in [-0.4, -0.2) is 22.2 Å². The van der Waals surface area contributed by atoms with Gasteiger partial charge in [0.05, 0.1) is 5.57 Å². The number of aliphatic hydroxyl groups excluding tert-OH is 1. The summed E-state index contributed by atoms with van der Waals surface area (Å²) < 4.78 is 4.81. The monoisotopic (exact) mass is 228 g/mol. The molecule has 5 nitrogen and oxygen atoms in total. The lowest BCUT2D eigenvalue weighted by Crippen LogP contribution is -2.11. The summed E-state index contributed by atoms with van der Waals surface area (Å²) in [5.74, 6) is -2.54. The average Bonchev–Trinajstić information content (AvgIpc) is 2.25. The molecule has 0 bridgehead atoms. The molecule has 0 fully saturated rings. The molecular formula is C11H16O5. The highest BCUT2D eigenvalue weighted by atomic mass is 16.6. The van der Waals surface area contributed by atoms with Gasteiger partial charge in [0.15, 0.2) is 5.76 Å². The van der Waals surface area contributed by atoms with Crippen molar-refractivity contribution < 1.29 is 24.5 Å². The SMILES string of the molecule is CC=C(O)C(=O)OC(CCC)=C(C)C(=O)O. The number of aliphatic carboxylic acids is 1. The zero-order valence-corrected chi connectivity index (χ0v) is 9.61. The van der Waals surface area contributed by atoms with E-state index < -0.39 is 17.7 Å². The lowest BCUT2D eigenvalue weighted by atomic mass is 10.2. The number of carboxylic acid groups (broad SMARTS) is 1. The second-order valence-corrected chi connectivity index (χ2v) is 3.17. The topological polar surface area (TPSA) is 83.8 Å². The van der Waals surface area contributed by atoms with E-state index in [0.29, 0.717) is 12.8 Å². The van der Waals surface area contributed by atoms with Crippen LogP contribution in [0.2, 0.25) is 0 Å². The van der Waals surface area contributed by atoms with E-state index in [-0.39, 0.29) is 11.3 Å². The third kappa shape index (κ3) is 4.16. The predicted molar refractivity (Wildman–Crippen MR) is 57.7 cm³/mol. The quantitative estimate of drug-likeness (QED) is 0.428. The standard InChI is InChI=1S/C11H16O5/c1-4-6-9(7(3)10(13)14)16-11(15)8(12)5-2/h5,12H,4,6H2,1-3H3,(H,13,14). The van der Waals surface area contributed by atoms with Gasteiger partial charge in [0.25, 0.3) is 0 Å². The Labute approximate surface area is 94.0 Å². The molecule has 2 N–H and O–H groups in total. The summed E-state index contributed by atoms with van der Waals surface area (Å²) in [4.78, 5) is 21.9. The largest absolute Gasteiger partial charge is 0.502 e. The average molecular weight is 228 g/mol. The van der Waals surface area contributed by atoms with Gasteiger partial charge in [0.1, 0.15) is 5.76 Å². The fourth-order valence-electron chi connectivity index (χ4n) is 0.943. The van der Waals surface area contributed by atoms with Gasteiger partial charge < -0.3 is 14.9 Å². The van der Waals surface area contributed by atoms with Crippen LogP contribution in [0.25, 0.3) is 0 Å². The molecule has 0 spiro atoms. The number of esters is 1. The predicted octanol–water partition coefficient (Wildman–Crippen LogP) is 2.15. The van der Waals surface area contributed by atoms with Crippen molar-refractivity contribution in [2.75, 3.05) is 0 Å². The number of allylic oxidation sites excluding steroid dienone is 2. The van der Waals surface area contributed by atoms with Gasteiger partial charge in [0, 0.05) is 6.42 Å². The Kier molecular flexibility index (Phi) is 5.92. The molecule has 0 aromatic heterocycles. The zero-order valence-electron chi connectivity index (χ0n) is 9.61. The first-order valence-electron chi connectivity index (χ1n) is 4.94. The summed E-state index contributed by atoms with van der Waals surface area (Å²) >= 11 is 0. The normalized spacial score (nSPS) is 13.1. The molecule has 0 aliphatic carbocycles. The minimum atomic E-state index is -1.14. The van der Waals surface area contributed by atoms with E-state index in [1.807, 2.05) is 6.92 Å². The fraction of sp³-hybridized carbons (Fsp3) is 0.455. The van der Waals surface area contributed by atoms with Crippen LogP contribution in [0.3, 0.4) is 0 Å². The molecule has 5 heteroatoms. The molecule has 0 saturated heterocycles. The van der Waals surface area contributed by atoms with E-state index in [4.69, 9.17) is 14.9 Å². The van der Waals surface area contributed by atoms with Crippen molar-refractivity contribution in [3.63, 3.8) is 0 Å². The minimum absolute atomic E-state index is 0.0286.